The largest absolute Gasteiger partial charge is 0.502 e. The van der Waals surface area contributed by atoms with Crippen molar-refractivity contribution >= 4 is 17.5 Å². The highest BCUT2D eigenvalue weighted by Gasteiger charge is 2.33. The lowest BCUT2D eigenvalue weighted by Gasteiger charge is -2.35. The number of aromatic hydroxyl groups is 1. The van der Waals surface area contributed by atoms with Crippen LogP contribution in [0.25, 0.3) is 0 Å². The number of benzene rings is 2. The normalized spacial score (nSPS) is 15.2. The van der Waals surface area contributed by atoms with Crippen LogP contribution in [0.1, 0.15) is 28.8 Å². The van der Waals surface area contributed by atoms with Crippen LogP contribution in [0.15, 0.2) is 36.4 Å². The van der Waals surface area contributed by atoms with E-state index >= 15 is 0 Å². The molecular weight excluding hydrogens is 394 g/mol. The quantitative estimate of drug-likeness (QED) is 0.753. The Hall–Kier alpha value is -2.88. The molecule has 0 radical (unpaired) electrons. The Balaban J connectivity index is 1.71. The van der Waals surface area contributed by atoms with Crippen LogP contribution in [0.3, 0.4) is 0 Å². The molecule has 1 aliphatic heterocycles. The molecule has 7 heteroatoms. The van der Waals surface area contributed by atoms with Gasteiger partial charge in [-0.3, -0.25) is 4.79 Å². The minimum atomic E-state index is -1.16. The zero-order valence-electron chi connectivity index (χ0n) is 16.2. The molecule has 1 saturated heterocycles. The third kappa shape index (κ3) is 4.76. The molecule has 1 amide bonds. The van der Waals surface area contributed by atoms with E-state index in [2.05, 4.69) is 11.8 Å². The Bertz CT molecular complexity index is 946. The predicted molar refractivity (Wildman–Crippen MR) is 110 cm³/mol. The minimum Gasteiger partial charge on any atom is -0.502 e. The van der Waals surface area contributed by atoms with Gasteiger partial charge in [0.25, 0.3) is 5.91 Å². The lowest BCUT2D eigenvalue weighted by Crippen LogP contribution is -2.46. The molecule has 0 bridgehead atoms. The van der Waals surface area contributed by atoms with Crippen molar-refractivity contribution in [2.75, 3.05) is 27.3 Å². The molecule has 3 rings (SSSR count). The molecular formula is C22H22ClNO5. The van der Waals surface area contributed by atoms with Crippen molar-refractivity contribution in [2.45, 2.75) is 18.4 Å². The monoisotopic (exact) mass is 415 g/mol. The van der Waals surface area contributed by atoms with Gasteiger partial charge < -0.3 is 24.6 Å². The fourth-order valence-corrected chi connectivity index (χ4v) is 3.35. The van der Waals surface area contributed by atoms with E-state index < -0.39 is 5.60 Å². The van der Waals surface area contributed by atoms with Gasteiger partial charge in [0.05, 0.1) is 14.2 Å². The summed E-state index contributed by atoms with van der Waals surface area (Å²) in [5.74, 6) is 5.81. The van der Waals surface area contributed by atoms with Crippen molar-refractivity contribution in [1.29, 1.82) is 0 Å². The Morgan fingerprint density at radius 2 is 1.76 bits per heavy atom. The van der Waals surface area contributed by atoms with Gasteiger partial charge in [0.15, 0.2) is 11.5 Å². The van der Waals surface area contributed by atoms with Crippen LogP contribution in [-0.4, -0.2) is 53.9 Å². The summed E-state index contributed by atoms with van der Waals surface area (Å²) >= 11 is 5.96. The number of rotatable bonds is 3. The first-order valence-corrected chi connectivity index (χ1v) is 9.48. The Morgan fingerprint density at radius 3 is 2.31 bits per heavy atom. The summed E-state index contributed by atoms with van der Waals surface area (Å²) in [5, 5.41) is 21.4. The smallest absolute Gasteiger partial charge is 0.254 e. The summed E-state index contributed by atoms with van der Waals surface area (Å²) in [7, 11) is 2.81. The number of hydrogen-bond acceptors (Lipinski definition) is 5. The maximum absolute atomic E-state index is 12.9. The van der Waals surface area contributed by atoms with Crippen LogP contribution in [0, 0.1) is 11.8 Å². The summed E-state index contributed by atoms with van der Waals surface area (Å²) in [4.78, 5) is 14.5. The van der Waals surface area contributed by atoms with Gasteiger partial charge in [0.2, 0.25) is 5.75 Å². The summed E-state index contributed by atoms with van der Waals surface area (Å²) in [6.07, 6.45) is 0.664. The number of aliphatic hydroxyl groups is 1. The van der Waals surface area contributed by atoms with Gasteiger partial charge in [-0.1, -0.05) is 29.5 Å². The maximum atomic E-state index is 12.9. The number of likely N-dealkylation sites (tertiary alicyclic amines) is 1. The van der Waals surface area contributed by atoms with Crippen molar-refractivity contribution < 1.29 is 24.5 Å². The van der Waals surface area contributed by atoms with Gasteiger partial charge in [-0.2, -0.15) is 0 Å². The summed E-state index contributed by atoms with van der Waals surface area (Å²) in [6.45, 7) is 0.704. The van der Waals surface area contributed by atoms with E-state index in [1.807, 2.05) is 6.07 Å². The van der Waals surface area contributed by atoms with E-state index in [4.69, 9.17) is 21.1 Å². The van der Waals surface area contributed by atoms with Gasteiger partial charge in [0.1, 0.15) is 5.60 Å². The molecule has 0 aromatic heterocycles. The number of carbonyl (C=O) groups is 1. The first-order valence-electron chi connectivity index (χ1n) is 9.10. The molecule has 0 atom stereocenters. The number of amides is 1. The van der Waals surface area contributed by atoms with Crippen LogP contribution in [0.4, 0.5) is 0 Å². The Kier molecular flexibility index (Phi) is 6.21. The Labute approximate surface area is 174 Å². The van der Waals surface area contributed by atoms with Crippen molar-refractivity contribution in [2.24, 2.45) is 0 Å². The topological polar surface area (TPSA) is 79.2 Å². The first kappa shape index (κ1) is 20.8. The Morgan fingerprint density at radius 1 is 1.14 bits per heavy atom. The average Bonchev–Trinajstić information content (AvgIpc) is 2.73. The SMILES string of the molecule is COc1cc(C(=O)N2CCC(O)(C#Cc3cccc(Cl)c3)CC2)cc(OC)c1O. The number of methoxy groups -OCH3 is 2. The van der Waals surface area contributed by atoms with E-state index in [1.165, 1.54) is 26.4 Å². The molecule has 0 saturated carbocycles. The molecule has 0 unspecified atom stereocenters. The zero-order chi connectivity index (χ0) is 21.0. The summed E-state index contributed by atoms with van der Waals surface area (Å²) < 4.78 is 10.2. The molecule has 1 heterocycles. The van der Waals surface area contributed by atoms with Crippen molar-refractivity contribution in [1.82, 2.24) is 4.90 Å². The van der Waals surface area contributed by atoms with E-state index in [0.29, 0.717) is 36.5 Å². The van der Waals surface area contributed by atoms with E-state index in [1.54, 1.807) is 23.1 Å². The van der Waals surface area contributed by atoms with E-state index in [-0.39, 0.29) is 23.2 Å². The van der Waals surface area contributed by atoms with Gasteiger partial charge in [0, 0.05) is 42.1 Å². The van der Waals surface area contributed by atoms with Crippen LogP contribution in [-0.2, 0) is 0 Å². The number of carbonyl (C=O) groups excluding carboxylic acids is 1. The van der Waals surface area contributed by atoms with Gasteiger partial charge in [-0.25, -0.2) is 0 Å². The third-order valence-electron chi connectivity index (χ3n) is 4.87. The van der Waals surface area contributed by atoms with Gasteiger partial charge >= 0.3 is 0 Å². The van der Waals surface area contributed by atoms with Gasteiger partial charge in [-0.05, 0) is 30.3 Å². The fraction of sp³-hybridized carbons (Fsp3) is 0.318. The standard InChI is InChI=1S/C22H22ClNO5/c1-28-18-13-16(14-19(29-2)20(18)25)21(26)24-10-8-22(27,9-11-24)7-6-15-4-3-5-17(23)12-15/h3-5,12-14,25,27H,8-11H2,1-2H3. The molecule has 2 aromatic rings. The second-order valence-corrected chi connectivity index (χ2v) is 7.25. The second kappa shape index (κ2) is 8.64. The highest BCUT2D eigenvalue weighted by atomic mass is 35.5. The zero-order valence-corrected chi connectivity index (χ0v) is 17.0. The van der Waals surface area contributed by atoms with Crippen molar-refractivity contribution in [3.8, 4) is 29.1 Å². The van der Waals surface area contributed by atoms with Crippen LogP contribution < -0.4 is 9.47 Å². The molecule has 6 nitrogen and oxygen atoms in total. The minimum absolute atomic E-state index is 0.157. The number of halogens is 1. The first-order chi connectivity index (χ1) is 13.8. The number of piperidine rings is 1. The number of hydrogen-bond donors (Lipinski definition) is 2. The van der Waals surface area contributed by atoms with Crippen LogP contribution >= 0.6 is 11.6 Å². The maximum Gasteiger partial charge on any atom is 0.254 e. The number of nitrogens with zero attached hydrogens (tertiary/aromatic N) is 1. The van der Waals surface area contributed by atoms with Gasteiger partial charge in [-0.15, -0.1) is 0 Å². The summed E-state index contributed by atoms with van der Waals surface area (Å²) in [5.41, 5.74) is -0.0941. The molecule has 152 valence electrons. The lowest BCUT2D eigenvalue weighted by molar-refractivity contribution is 0.0248. The highest BCUT2D eigenvalue weighted by molar-refractivity contribution is 6.30. The molecule has 0 aliphatic carbocycles. The predicted octanol–water partition coefficient (Wildman–Crippen LogP) is 3.08. The van der Waals surface area contributed by atoms with E-state index in [0.717, 1.165) is 5.56 Å². The highest BCUT2D eigenvalue weighted by Crippen LogP contribution is 2.37. The molecule has 1 fully saturated rings. The van der Waals surface area contributed by atoms with E-state index in [9.17, 15) is 15.0 Å². The number of ether oxygens (including phenoxy) is 2. The lowest BCUT2D eigenvalue weighted by atomic mass is 9.91. The summed E-state index contributed by atoms with van der Waals surface area (Å²) in [6, 6.07) is 10.1. The molecule has 2 N–H and O–H groups in total. The molecule has 2 aromatic carbocycles. The molecule has 1 aliphatic rings. The fourth-order valence-electron chi connectivity index (χ4n) is 3.16. The third-order valence-corrected chi connectivity index (χ3v) is 5.10. The van der Waals surface area contributed by atoms with Crippen molar-refractivity contribution in [3.63, 3.8) is 0 Å². The molecule has 0 spiro atoms. The van der Waals surface area contributed by atoms with Crippen molar-refractivity contribution in [3.05, 3.63) is 52.5 Å². The molecule has 29 heavy (non-hydrogen) atoms. The van der Waals surface area contributed by atoms with Crippen LogP contribution in [0.5, 0.6) is 17.2 Å². The van der Waals surface area contributed by atoms with Crippen LogP contribution in [0.2, 0.25) is 5.02 Å². The number of phenols is 1. The number of phenolic OH excluding ortho intramolecular Hbond substituents is 1. The average molecular weight is 416 g/mol. The second-order valence-electron chi connectivity index (χ2n) is 6.81.